The number of rotatable bonds is 6. The molecule has 3 aromatic rings. The number of esters is 1. The highest BCUT2D eigenvalue weighted by Gasteiger charge is 2.42. The van der Waals surface area contributed by atoms with Crippen LogP contribution in [0.1, 0.15) is 128 Å². The standard InChI is InChI=1S/C38H40O8/c1-11-46-33-21-13-12-19-14-18(2)26(36(43)45-10)30(35(42)38(6,7)8)27(19)22(21)17-24-29(33)32(40)28-23(31(24)39)15-20(44-9)16-25(28)34(41)37(3,4)5/h14-17H,11-13H2,1-10H3. The molecule has 8 heteroatoms. The molecule has 2 aliphatic rings. The molecule has 0 spiro atoms. The van der Waals surface area contributed by atoms with Crippen LogP contribution >= 0.6 is 0 Å². The lowest BCUT2D eigenvalue weighted by Crippen LogP contribution is -2.30. The van der Waals surface area contributed by atoms with Crippen LogP contribution in [0.3, 0.4) is 0 Å². The quantitative estimate of drug-likeness (QED) is 0.164. The van der Waals surface area contributed by atoms with E-state index < -0.39 is 28.4 Å². The summed E-state index contributed by atoms with van der Waals surface area (Å²) in [6.45, 7) is 14.4. The molecule has 0 fully saturated rings. The smallest absolute Gasteiger partial charge is 0.338 e. The number of carbonyl (C=O) groups excluding carboxylic acids is 5. The first-order valence-electron chi connectivity index (χ1n) is 15.5. The van der Waals surface area contributed by atoms with Gasteiger partial charge in [0.05, 0.1) is 32.0 Å². The molecule has 0 unspecified atom stereocenters. The van der Waals surface area contributed by atoms with Gasteiger partial charge in [0, 0.05) is 44.2 Å². The molecular formula is C38H40O8. The normalized spacial score (nSPS) is 13.7. The Balaban J connectivity index is 1.90. The van der Waals surface area contributed by atoms with Crippen molar-refractivity contribution in [2.45, 2.75) is 68.2 Å². The summed E-state index contributed by atoms with van der Waals surface area (Å²) >= 11 is 0. The lowest BCUT2D eigenvalue weighted by Gasteiger charge is -2.32. The highest BCUT2D eigenvalue weighted by atomic mass is 16.5. The van der Waals surface area contributed by atoms with E-state index >= 15 is 0 Å². The Morgan fingerprint density at radius 1 is 0.739 bits per heavy atom. The lowest BCUT2D eigenvalue weighted by atomic mass is 9.71. The molecule has 0 bridgehead atoms. The number of benzene rings is 3. The topological polar surface area (TPSA) is 113 Å². The first-order chi connectivity index (χ1) is 21.5. The van der Waals surface area contributed by atoms with Crippen LogP contribution in [0.4, 0.5) is 0 Å². The second-order valence-corrected chi connectivity index (χ2v) is 14.0. The molecule has 3 aromatic carbocycles. The van der Waals surface area contributed by atoms with Crippen LogP contribution < -0.4 is 9.47 Å². The summed E-state index contributed by atoms with van der Waals surface area (Å²) in [4.78, 5) is 70.0. The molecule has 0 aromatic heterocycles. The van der Waals surface area contributed by atoms with E-state index in [1.165, 1.54) is 26.4 Å². The summed E-state index contributed by atoms with van der Waals surface area (Å²) in [5, 5.41) is 0. The average Bonchev–Trinajstić information content (AvgIpc) is 2.99. The number of carbonyl (C=O) groups is 5. The monoisotopic (exact) mass is 624 g/mol. The summed E-state index contributed by atoms with van der Waals surface area (Å²) in [6, 6.07) is 6.54. The Labute approximate surface area is 269 Å². The molecule has 0 saturated carbocycles. The fourth-order valence-corrected chi connectivity index (χ4v) is 6.51. The van der Waals surface area contributed by atoms with Crippen molar-refractivity contribution in [2.75, 3.05) is 20.8 Å². The number of Topliss-reactive ketones (excluding diaryl/α,β-unsaturated/α-hetero) is 2. The van der Waals surface area contributed by atoms with Crippen molar-refractivity contribution in [3.05, 3.63) is 79.9 Å². The minimum atomic E-state index is -0.851. The zero-order chi connectivity index (χ0) is 34.0. The molecule has 0 atom stereocenters. The zero-order valence-corrected chi connectivity index (χ0v) is 28.2. The van der Waals surface area contributed by atoms with Gasteiger partial charge in [-0.3, -0.25) is 19.2 Å². The van der Waals surface area contributed by atoms with E-state index in [2.05, 4.69) is 0 Å². The number of ether oxygens (including phenoxy) is 3. The molecule has 2 aliphatic carbocycles. The molecule has 0 heterocycles. The second-order valence-electron chi connectivity index (χ2n) is 14.0. The summed E-state index contributed by atoms with van der Waals surface area (Å²) < 4.78 is 16.8. The van der Waals surface area contributed by atoms with Crippen LogP contribution in [0.15, 0.2) is 24.3 Å². The third-order valence-electron chi connectivity index (χ3n) is 8.71. The summed E-state index contributed by atoms with van der Waals surface area (Å²) in [7, 11) is 2.71. The van der Waals surface area contributed by atoms with Gasteiger partial charge in [-0.1, -0.05) is 47.6 Å². The maximum Gasteiger partial charge on any atom is 0.338 e. The predicted octanol–water partition coefficient (Wildman–Crippen LogP) is 7.19. The summed E-state index contributed by atoms with van der Waals surface area (Å²) in [6.07, 6.45) is 0.980. The first kappa shape index (κ1) is 32.8. The van der Waals surface area contributed by atoms with Gasteiger partial charge in [0.1, 0.15) is 11.5 Å². The number of hydrogen-bond donors (Lipinski definition) is 0. The van der Waals surface area contributed by atoms with Crippen LogP contribution in [0, 0.1) is 17.8 Å². The van der Waals surface area contributed by atoms with E-state index in [0.29, 0.717) is 35.1 Å². The van der Waals surface area contributed by atoms with E-state index in [-0.39, 0.29) is 68.6 Å². The van der Waals surface area contributed by atoms with Crippen molar-refractivity contribution in [3.8, 4) is 22.6 Å². The molecule has 46 heavy (non-hydrogen) atoms. The second kappa shape index (κ2) is 11.3. The first-order valence-corrected chi connectivity index (χ1v) is 15.5. The van der Waals surface area contributed by atoms with Crippen molar-refractivity contribution < 1.29 is 38.2 Å². The molecule has 5 rings (SSSR count). The Hall–Kier alpha value is -4.59. The molecule has 240 valence electrons. The van der Waals surface area contributed by atoms with E-state index in [1.54, 1.807) is 61.5 Å². The Kier molecular flexibility index (Phi) is 8.08. The van der Waals surface area contributed by atoms with Gasteiger partial charge in [-0.25, -0.2) is 4.79 Å². The molecule has 0 amide bonds. The molecule has 0 N–H and O–H groups in total. The maximum absolute atomic E-state index is 14.5. The Bertz CT molecular complexity index is 1880. The van der Waals surface area contributed by atoms with Gasteiger partial charge in [-0.15, -0.1) is 0 Å². The van der Waals surface area contributed by atoms with Crippen LogP contribution in [-0.2, 0) is 17.6 Å². The number of ketones is 4. The van der Waals surface area contributed by atoms with Gasteiger partial charge in [-0.05, 0) is 67.1 Å². The fraction of sp³-hybridized carbons (Fsp3) is 0.395. The van der Waals surface area contributed by atoms with Gasteiger partial charge in [0.15, 0.2) is 23.1 Å². The summed E-state index contributed by atoms with van der Waals surface area (Å²) in [5.74, 6) is -1.60. The van der Waals surface area contributed by atoms with Crippen molar-refractivity contribution in [3.63, 3.8) is 0 Å². The molecule has 0 aliphatic heterocycles. The third kappa shape index (κ3) is 5.04. The Morgan fingerprint density at radius 3 is 1.93 bits per heavy atom. The van der Waals surface area contributed by atoms with Crippen molar-refractivity contribution >= 4 is 29.1 Å². The minimum Gasteiger partial charge on any atom is -0.497 e. The average molecular weight is 625 g/mol. The number of aryl methyl sites for hydroxylation is 2. The minimum absolute atomic E-state index is 0.0301. The van der Waals surface area contributed by atoms with Crippen LogP contribution in [0.2, 0.25) is 0 Å². The number of methoxy groups -OCH3 is 2. The van der Waals surface area contributed by atoms with Gasteiger partial charge in [0.2, 0.25) is 0 Å². The van der Waals surface area contributed by atoms with Gasteiger partial charge < -0.3 is 14.2 Å². The molecule has 0 saturated heterocycles. The van der Waals surface area contributed by atoms with Crippen LogP contribution in [0.5, 0.6) is 11.5 Å². The van der Waals surface area contributed by atoms with Crippen molar-refractivity contribution in [1.82, 2.24) is 0 Å². The van der Waals surface area contributed by atoms with E-state index in [9.17, 15) is 24.0 Å². The number of fused-ring (bicyclic) bond motifs is 5. The van der Waals surface area contributed by atoms with Gasteiger partial charge in [-0.2, -0.15) is 0 Å². The van der Waals surface area contributed by atoms with Crippen LogP contribution in [-0.4, -0.2) is 49.9 Å². The fourth-order valence-electron chi connectivity index (χ4n) is 6.51. The molecule has 8 nitrogen and oxygen atoms in total. The van der Waals surface area contributed by atoms with E-state index in [0.717, 1.165) is 5.56 Å². The molecular weight excluding hydrogens is 584 g/mol. The van der Waals surface area contributed by atoms with Crippen molar-refractivity contribution in [1.29, 1.82) is 0 Å². The van der Waals surface area contributed by atoms with Crippen molar-refractivity contribution in [2.24, 2.45) is 10.8 Å². The summed E-state index contributed by atoms with van der Waals surface area (Å²) in [5.41, 5.74) is 2.35. The largest absolute Gasteiger partial charge is 0.497 e. The number of hydrogen-bond acceptors (Lipinski definition) is 8. The zero-order valence-electron chi connectivity index (χ0n) is 28.2. The maximum atomic E-state index is 14.5. The third-order valence-corrected chi connectivity index (χ3v) is 8.71. The lowest BCUT2D eigenvalue weighted by molar-refractivity contribution is 0.0593. The Morgan fingerprint density at radius 2 is 1.37 bits per heavy atom. The van der Waals surface area contributed by atoms with Gasteiger partial charge in [0.25, 0.3) is 0 Å². The predicted molar refractivity (Wildman–Crippen MR) is 174 cm³/mol. The van der Waals surface area contributed by atoms with E-state index in [1.807, 2.05) is 6.07 Å². The van der Waals surface area contributed by atoms with Crippen LogP contribution in [0.25, 0.3) is 11.1 Å². The van der Waals surface area contributed by atoms with Gasteiger partial charge >= 0.3 is 5.97 Å². The highest BCUT2D eigenvalue weighted by molar-refractivity contribution is 6.33. The molecule has 0 radical (unpaired) electrons. The SMILES string of the molecule is CCOc1c2c(cc3c1C(=O)c1c(cc(OC)cc1C(=O)C(C)(C)C)C3=O)-c1c(cc(C)c(C(=O)OC)c1C(=O)C(C)(C)C)CC2. The van der Waals surface area contributed by atoms with E-state index in [4.69, 9.17) is 14.2 Å². The highest BCUT2D eigenvalue weighted by Crippen LogP contribution is 2.49.